The SMILES string of the molecule is CC(C)C(C)NCCc1ccc(Cl)nc1. The van der Waals surface area contributed by atoms with Gasteiger partial charge in [0.1, 0.15) is 5.15 Å². The molecule has 0 radical (unpaired) electrons. The highest BCUT2D eigenvalue weighted by molar-refractivity contribution is 6.29. The Bertz CT molecular complexity index is 282. The summed E-state index contributed by atoms with van der Waals surface area (Å²) in [6.45, 7) is 7.65. The molecule has 1 unspecified atom stereocenters. The van der Waals surface area contributed by atoms with Gasteiger partial charge in [0.05, 0.1) is 0 Å². The largest absolute Gasteiger partial charge is 0.314 e. The molecule has 1 heterocycles. The molecule has 0 aliphatic carbocycles. The number of halogens is 1. The molecule has 0 saturated carbocycles. The van der Waals surface area contributed by atoms with Crippen molar-refractivity contribution in [3.8, 4) is 0 Å². The molecule has 0 spiro atoms. The van der Waals surface area contributed by atoms with Crippen LogP contribution in [-0.4, -0.2) is 17.6 Å². The quantitative estimate of drug-likeness (QED) is 0.781. The third kappa shape index (κ3) is 4.63. The Morgan fingerprint density at radius 1 is 1.33 bits per heavy atom. The second kappa shape index (κ2) is 6.09. The van der Waals surface area contributed by atoms with E-state index < -0.39 is 0 Å². The lowest BCUT2D eigenvalue weighted by molar-refractivity contribution is 0.430. The van der Waals surface area contributed by atoms with Crippen molar-refractivity contribution >= 4 is 11.6 Å². The van der Waals surface area contributed by atoms with Gasteiger partial charge < -0.3 is 5.32 Å². The molecular formula is C12H19ClN2. The summed E-state index contributed by atoms with van der Waals surface area (Å²) in [6.07, 6.45) is 2.84. The Balaban J connectivity index is 2.29. The van der Waals surface area contributed by atoms with Crippen molar-refractivity contribution in [3.63, 3.8) is 0 Å². The Labute approximate surface area is 97.1 Å². The molecule has 0 aliphatic heterocycles. The van der Waals surface area contributed by atoms with Gasteiger partial charge in [-0.1, -0.05) is 31.5 Å². The van der Waals surface area contributed by atoms with Crippen molar-refractivity contribution < 1.29 is 0 Å². The lowest BCUT2D eigenvalue weighted by Crippen LogP contribution is -2.32. The number of aromatic nitrogens is 1. The first-order chi connectivity index (χ1) is 7.09. The summed E-state index contributed by atoms with van der Waals surface area (Å²) in [7, 11) is 0. The predicted molar refractivity (Wildman–Crippen MR) is 65.3 cm³/mol. The van der Waals surface area contributed by atoms with E-state index in [1.54, 1.807) is 0 Å². The van der Waals surface area contributed by atoms with Gasteiger partial charge in [-0.3, -0.25) is 0 Å². The highest BCUT2D eigenvalue weighted by Crippen LogP contribution is 2.06. The molecule has 0 aliphatic rings. The lowest BCUT2D eigenvalue weighted by Gasteiger charge is -2.17. The van der Waals surface area contributed by atoms with E-state index >= 15 is 0 Å². The zero-order chi connectivity index (χ0) is 11.3. The van der Waals surface area contributed by atoms with Gasteiger partial charge in [-0.25, -0.2) is 4.98 Å². The minimum Gasteiger partial charge on any atom is -0.314 e. The van der Waals surface area contributed by atoms with Gasteiger partial charge in [0.25, 0.3) is 0 Å². The molecule has 0 bridgehead atoms. The fourth-order valence-corrected chi connectivity index (χ4v) is 1.35. The lowest BCUT2D eigenvalue weighted by atomic mass is 10.1. The molecule has 1 rings (SSSR count). The summed E-state index contributed by atoms with van der Waals surface area (Å²) in [5, 5.41) is 4.04. The van der Waals surface area contributed by atoms with Crippen LogP contribution >= 0.6 is 11.6 Å². The fourth-order valence-electron chi connectivity index (χ4n) is 1.23. The standard InChI is InChI=1S/C12H19ClN2/c1-9(2)10(3)14-7-6-11-4-5-12(13)15-8-11/h4-5,8-10,14H,6-7H2,1-3H3. The normalized spacial score (nSPS) is 13.1. The van der Waals surface area contributed by atoms with Crippen LogP contribution in [0.2, 0.25) is 5.15 Å². The fraction of sp³-hybridized carbons (Fsp3) is 0.583. The van der Waals surface area contributed by atoms with Crippen LogP contribution in [0.4, 0.5) is 0 Å². The van der Waals surface area contributed by atoms with Crippen LogP contribution in [0.1, 0.15) is 26.3 Å². The Kier molecular flexibility index (Phi) is 5.06. The number of hydrogen-bond donors (Lipinski definition) is 1. The molecule has 1 aromatic rings. The van der Waals surface area contributed by atoms with Crippen LogP contribution in [0.5, 0.6) is 0 Å². The predicted octanol–water partition coefficient (Wildman–Crippen LogP) is 2.91. The summed E-state index contributed by atoms with van der Waals surface area (Å²) in [6, 6.07) is 4.42. The maximum Gasteiger partial charge on any atom is 0.129 e. The van der Waals surface area contributed by atoms with E-state index in [9.17, 15) is 0 Å². The molecule has 0 saturated heterocycles. The molecule has 0 fully saturated rings. The smallest absolute Gasteiger partial charge is 0.129 e. The maximum absolute atomic E-state index is 5.71. The first kappa shape index (κ1) is 12.5. The van der Waals surface area contributed by atoms with Gasteiger partial charge >= 0.3 is 0 Å². The Morgan fingerprint density at radius 3 is 2.60 bits per heavy atom. The van der Waals surface area contributed by atoms with Gasteiger partial charge in [-0.15, -0.1) is 0 Å². The Morgan fingerprint density at radius 2 is 2.07 bits per heavy atom. The molecule has 15 heavy (non-hydrogen) atoms. The zero-order valence-electron chi connectivity index (χ0n) is 9.63. The summed E-state index contributed by atoms with van der Waals surface area (Å²) in [5.74, 6) is 0.674. The van der Waals surface area contributed by atoms with Gasteiger partial charge in [-0.2, -0.15) is 0 Å². The third-order valence-electron chi connectivity index (χ3n) is 2.67. The summed E-state index contributed by atoms with van der Waals surface area (Å²) in [5.41, 5.74) is 1.22. The molecule has 2 nitrogen and oxygen atoms in total. The van der Waals surface area contributed by atoms with Crippen molar-refractivity contribution in [2.45, 2.75) is 33.2 Å². The van der Waals surface area contributed by atoms with E-state index in [-0.39, 0.29) is 0 Å². The van der Waals surface area contributed by atoms with Crippen LogP contribution in [0.25, 0.3) is 0 Å². The van der Waals surface area contributed by atoms with Crippen molar-refractivity contribution in [3.05, 3.63) is 29.0 Å². The van der Waals surface area contributed by atoms with Crippen LogP contribution in [0.15, 0.2) is 18.3 Å². The highest BCUT2D eigenvalue weighted by atomic mass is 35.5. The van der Waals surface area contributed by atoms with E-state index in [2.05, 4.69) is 31.1 Å². The molecule has 1 N–H and O–H groups in total. The van der Waals surface area contributed by atoms with E-state index in [1.165, 1.54) is 5.56 Å². The van der Waals surface area contributed by atoms with E-state index in [1.807, 2.05) is 18.3 Å². The average molecular weight is 227 g/mol. The molecule has 3 heteroatoms. The van der Waals surface area contributed by atoms with Crippen LogP contribution < -0.4 is 5.32 Å². The van der Waals surface area contributed by atoms with Gasteiger partial charge in [-0.05, 0) is 37.4 Å². The summed E-state index contributed by atoms with van der Waals surface area (Å²) in [4.78, 5) is 4.05. The van der Waals surface area contributed by atoms with Crippen LogP contribution in [-0.2, 0) is 6.42 Å². The third-order valence-corrected chi connectivity index (χ3v) is 2.89. The van der Waals surface area contributed by atoms with Gasteiger partial charge in [0.2, 0.25) is 0 Å². The first-order valence-electron chi connectivity index (χ1n) is 5.43. The van der Waals surface area contributed by atoms with Gasteiger partial charge in [0.15, 0.2) is 0 Å². The first-order valence-corrected chi connectivity index (χ1v) is 5.81. The topological polar surface area (TPSA) is 24.9 Å². The van der Waals surface area contributed by atoms with Crippen molar-refractivity contribution in [2.75, 3.05) is 6.54 Å². The second-order valence-corrected chi connectivity index (χ2v) is 4.61. The van der Waals surface area contributed by atoms with Crippen molar-refractivity contribution in [1.29, 1.82) is 0 Å². The monoisotopic (exact) mass is 226 g/mol. The zero-order valence-corrected chi connectivity index (χ0v) is 10.4. The number of nitrogens with zero attached hydrogens (tertiary/aromatic N) is 1. The number of rotatable bonds is 5. The highest BCUT2D eigenvalue weighted by Gasteiger charge is 2.05. The number of nitrogens with one attached hydrogen (secondary N) is 1. The van der Waals surface area contributed by atoms with E-state index in [4.69, 9.17) is 11.6 Å². The number of pyridine rings is 1. The average Bonchev–Trinajstić information content (AvgIpc) is 2.20. The molecule has 0 amide bonds. The molecule has 84 valence electrons. The summed E-state index contributed by atoms with van der Waals surface area (Å²) >= 11 is 5.71. The summed E-state index contributed by atoms with van der Waals surface area (Å²) < 4.78 is 0. The van der Waals surface area contributed by atoms with Crippen molar-refractivity contribution in [1.82, 2.24) is 10.3 Å². The van der Waals surface area contributed by atoms with E-state index in [0.29, 0.717) is 17.1 Å². The molecular weight excluding hydrogens is 208 g/mol. The van der Waals surface area contributed by atoms with Gasteiger partial charge in [0, 0.05) is 12.2 Å². The maximum atomic E-state index is 5.71. The second-order valence-electron chi connectivity index (χ2n) is 4.23. The molecule has 0 aromatic carbocycles. The van der Waals surface area contributed by atoms with E-state index in [0.717, 1.165) is 13.0 Å². The molecule has 1 atom stereocenters. The van der Waals surface area contributed by atoms with Crippen LogP contribution in [0.3, 0.4) is 0 Å². The minimum absolute atomic E-state index is 0.558. The minimum atomic E-state index is 0.558. The number of hydrogen-bond acceptors (Lipinski definition) is 2. The van der Waals surface area contributed by atoms with Crippen molar-refractivity contribution in [2.24, 2.45) is 5.92 Å². The van der Waals surface area contributed by atoms with Crippen LogP contribution in [0, 0.1) is 5.92 Å². The Hall–Kier alpha value is -0.600. The molecule has 1 aromatic heterocycles.